The van der Waals surface area contributed by atoms with Crippen molar-refractivity contribution in [2.45, 2.75) is 0 Å². The van der Waals surface area contributed by atoms with Gasteiger partial charge in [0.05, 0.1) is 20.2 Å². The first kappa shape index (κ1) is 11.9. The van der Waals surface area contributed by atoms with E-state index in [4.69, 9.17) is 4.42 Å². The Morgan fingerprint density at radius 2 is 1.95 bits per heavy atom. The zero-order valence-corrected chi connectivity index (χ0v) is 11.0. The molecular weight excluding hydrogens is 314 g/mol. The number of non-ortho nitro benzene ring substituents is 1. The molecule has 0 radical (unpaired) electrons. The van der Waals surface area contributed by atoms with Gasteiger partial charge in [0, 0.05) is 12.1 Å². The van der Waals surface area contributed by atoms with Crippen molar-refractivity contribution in [1.29, 1.82) is 0 Å². The number of halogens is 1. The van der Waals surface area contributed by atoms with Crippen LogP contribution in [-0.4, -0.2) is 4.92 Å². The number of para-hydroxylation sites is 1. The molecule has 0 bridgehead atoms. The van der Waals surface area contributed by atoms with Gasteiger partial charge in [-0.05, 0) is 34.1 Å². The van der Waals surface area contributed by atoms with E-state index < -0.39 is 4.92 Å². The highest BCUT2D eigenvalue weighted by molar-refractivity contribution is 9.10. The van der Waals surface area contributed by atoms with Crippen LogP contribution in [0.3, 0.4) is 0 Å². The number of fused-ring (bicyclic) bond motifs is 2. The van der Waals surface area contributed by atoms with Crippen LogP contribution < -0.4 is 5.43 Å². The van der Waals surface area contributed by atoms with E-state index in [1.54, 1.807) is 18.2 Å². The minimum Gasteiger partial charge on any atom is -0.455 e. The smallest absolute Gasteiger partial charge is 0.270 e. The average molecular weight is 320 g/mol. The molecule has 0 saturated carbocycles. The van der Waals surface area contributed by atoms with Gasteiger partial charge in [0.1, 0.15) is 5.58 Å². The van der Waals surface area contributed by atoms with Gasteiger partial charge in [-0.3, -0.25) is 14.9 Å². The summed E-state index contributed by atoms with van der Waals surface area (Å²) in [5.74, 6) is 0. The summed E-state index contributed by atoms with van der Waals surface area (Å²) in [7, 11) is 0. The van der Waals surface area contributed by atoms with Gasteiger partial charge in [0.25, 0.3) is 5.69 Å². The molecule has 0 N–H and O–H groups in total. The Kier molecular flexibility index (Phi) is 2.60. The Balaban J connectivity index is 2.51. The largest absolute Gasteiger partial charge is 0.455 e. The molecule has 0 aliphatic heterocycles. The van der Waals surface area contributed by atoms with Crippen LogP contribution in [-0.2, 0) is 0 Å². The lowest BCUT2D eigenvalue weighted by Gasteiger charge is -2.02. The van der Waals surface area contributed by atoms with Crippen molar-refractivity contribution >= 4 is 43.6 Å². The molecule has 2 aromatic carbocycles. The van der Waals surface area contributed by atoms with Crippen LogP contribution in [0.2, 0.25) is 0 Å². The number of hydrogen-bond donors (Lipinski definition) is 0. The fourth-order valence-electron chi connectivity index (χ4n) is 1.94. The van der Waals surface area contributed by atoms with Gasteiger partial charge in [-0.2, -0.15) is 0 Å². The molecule has 3 rings (SSSR count). The molecule has 0 fully saturated rings. The van der Waals surface area contributed by atoms with Crippen molar-refractivity contribution in [1.82, 2.24) is 0 Å². The monoisotopic (exact) mass is 319 g/mol. The number of benzene rings is 2. The highest BCUT2D eigenvalue weighted by Gasteiger charge is 2.13. The van der Waals surface area contributed by atoms with E-state index in [1.807, 2.05) is 0 Å². The van der Waals surface area contributed by atoms with Crippen LogP contribution in [0.4, 0.5) is 5.69 Å². The number of rotatable bonds is 1. The van der Waals surface area contributed by atoms with E-state index in [-0.39, 0.29) is 16.5 Å². The first-order chi connectivity index (χ1) is 9.08. The van der Waals surface area contributed by atoms with Crippen LogP contribution in [0.25, 0.3) is 21.9 Å². The minimum absolute atomic E-state index is 0.130. The van der Waals surface area contributed by atoms with E-state index in [0.29, 0.717) is 21.0 Å². The number of nitro benzene ring substituents is 1. The lowest BCUT2D eigenvalue weighted by molar-refractivity contribution is -0.384. The Morgan fingerprint density at radius 1 is 1.16 bits per heavy atom. The number of nitrogens with zero attached hydrogens (tertiary/aromatic N) is 1. The molecule has 6 heteroatoms. The van der Waals surface area contributed by atoms with Crippen molar-refractivity contribution in [2.24, 2.45) is 0 Å². The molecule has 0 saturated heterocycles. The average Bonchev–Trinajstić information content (AvgIpc) is 2.40. The van der Waals surface area contributed by atoms with Crippen molar-refractivity contribution < 1.29 is 9.34 Å². The molecular formula is C13H6BrNO4. The first-order valence-electron chi connectivity index (χ1n) is 5.37. The van der Waals surface area contributed by atoms with E-state index >= 15 is 0 Å². The van der Waals surface area contributed by atoms with Crippen LogP contribution in [0.15, 0.2) is 50.1 Å². The Bertz CT molecular complexity index is 885. The summed E-state index contributed by atoms with van der Waals surface area (Å²) in [5, 5.41) is 11.3. The van der Waals surface area contributed by atoms with Crippen molar-refractivity contribution in [2.75, 3.05) is 0 Å². The molecule has 94 valence electrons. The Morgan fingerprint density at radius 3 is 2.68 bits per heavy atom. The van der Waals surface area contributed by atoms with Gasteiger partial charge in [-0.15, -0.1) is 0 Å². The highest BCUT2D eigenvalue weighted by Crippen LogP contribution is 2.27. The predicted molar refractivity (Wildman–Crippen MR) is 74.3 cm³/mol. The molecule has 1 aromatic heterocycles. The minimum atomic E-state index is -0.538. The molecule has 5 nitrogen and oxygen atoms in total. The fourth-order valence-corrected chi connectivity index (χ4v) is 2.39. The summed E-state index contributed by atoms with van der Waals surface area (Å²) < 4.78 is 6.29. The molecule has 19 heavy (non-hydrogen) atoms. The molecule has 0 atom stereocenters. The highest BCUT2D eigenvalue weighted by atomic mass is 79.9. The normalized spacial score (nSPS) is 11.0. The zero-order valence-electron chi connectivity index (χ0n) is 9.42. The summed E-state index contributed by atoms with van der Waals surface area (Å²) in [6.45, 7) is 0. The lowest BCUT2D eigenvalue weighted by Crippen LogP contribution is -2.02. The Hall–Kier alpha value is -2.21. The molecule has 0 amide bonds. The Labute approximate surface area is 114 Å². The third-order valence-electron chi connectivity index (χ3n) is 2.84. The molecule has 0 aliphatic rings. The summed E-state index contributed by atoms with van der Waals surface area (Å²) >= 11 is 3.31. The topological polar surface area (TPSA) is 73.3 Å². The van der Waals surface area contributed by atoms with Crippen LogP contribution >= 0.6 is 15.9 Å². The predicted octanol–water partition coefficient (Wildman–Crippen LogP) is 3.62. The second kappa shape index (κ2) is 4.17. The van der Waals surface area contributed by atoms with Crippen molar-refractivity contribution in [3.63, 3.8) is 0 Å². The van der Waals surface area contributed by atoms with E-state index in [1.165, 1.54) is 18.2 Å². The second-order valence-electron chi connectivity index (χ2n) is 3.99. The standard InChI is InChI=1S/C13H6BrNO4/c14-10-3-1-2-8-12(16)9-6-7(15(17)18)4-5-11(9)19-13(8)10/h1-6H. The fraction of sp³-hybridized carbons (Fsp3) is 0. The van der Waals surface area contributed by atoms with Gasteiger partial charge in [0.15, 0.2) is 5.58 Å². The summed E-state index contributed by atoms with van der Waals surface area (Å²) in [6, 6.07) is 9.10. The van der Waals surface area contributed by atoms with E-state index in [9.17, 15) is 14.9 Å². The van der Waals surface area contributed by atoms with E-state index in [0.717, 1.165) is 0 Å². The van der Waals surface area contributed by atoms with Gasteiger partial charge in [-0.1, -0.05) is 6.07 Å². The van der Waals surface area contributed by atoms with Crippen LogP contribution in [0, 0.1) is 10.1 Å². The van der Waals surface area contributed by atoms with Gasteiger partial charge < -0.3 is 4.42 Å². The lowest BCUT2D eigenvalue weighted by atomic mass is 10.1. The number of nitro groups is 1. The number of hydrogen-bond acceptors (Lipinski definition) is 4. The van der Waals surface area contributed by atoms with Crippen molar-refractivity contribution in [3.05, 3.63) is 61.2 Å². The van der Waals surface area contributed by atoms with Gasteiger partial charge >= 0.3 is 0 Å². The maximum Gasteiger partial charge on any atom is 0.270 e. The van der Waals surface area contributed by atoms with Gasteiger partial charge in [0.2, 0.25) is 5.43 Å². The molecule has 0 unspecified atom stereocenters. The van der Waals surface area contributed by atoms with Crippen LogP contribution in [0.1, 0.15) is 0 Å². The maximum atomic E-state index is 12.3. The van der Waals surface area contributed by atoms with Gasteiger partial charge in [-0.25, -0.2) is 0 Å². The quantitative estimate of drug-likeness (QED) is 0.390. The molecule has 0 spiro atoms. The zero-order chi connectivity index (χ0) is 13.6. The molecule has 0 aliphatic carbocycles. The third-order valence-corrected chi connectivity index (χ3v) is 3.47. The van der Waals surface area contributed by atoms with E-state index in [2.05, 4.69) is 15.9 Å². The summed E-state index contributed by atoms with van der Waals surface area (Å²) in [4.78, 5) is 22.5. The maximum absolute atomic E-state index is 12.3. The third kappa shape index (κ3) is 1.80. The summed E-state index contributed by atoms with van der Waals surface area (Å²) in [6.07, 6.45) is 0. The SMILES string of the molecule is O=c1c2cc([N+](=O)[O-])ccc2oc2c(Br)cccc12. The van der Waals surface area contributed by atoms with Crippen molar-refractivity contribution in [3.8, 4) is 0 Å². The molecule has 3 aromatic rings. The first-order valence-corrected chi connectivity index (χ1v) is 6.17. The molecule has 1 heterocycles. The second-order valence-corrected chi connectivity index (χ2v) is 4.84. The van der Waals surface area contributed by atoms with Crippen LogP contribution in [0.5, 0.6) is 0 Å². The summed E-state index contributed by atoms with van der Waals surface area (Å²) in [5.41, 5.74) is 0.360.